The Morgan fingerprint density at radius 1 is 1.09 bits per heavy atom. The normalized spacial score (nSPS) is 17.8. The zero-order valence-electron chi connectivity index (χ0n) is 18.2. The average molecular weight is 437 g/mol. The fraction of sp³-hybridized carbons (Fsp3) is 0.375. The van der Waals surface area contributed by atoms with Crippen molar-refractivity contribution in [3.63, 3.8) is 0 Å². The van der Waals surface area contributed by atoms with Gasteiger partial charge in [0.2, 0.25) is 5.91 Å². The minimum Gasteiger partial charge on any atom is -0.480 e. The molecule has 1 unspecified atom stereocenters. The smallest absolute Gasteiger partial charge is 0.407 e. The molecule has 1 fully saturated rings. The van der Waals surface area contributed by atoms with Gasteiger partial charge in [0.25, 0.3) is 0 Å². The number of carboxylic acids is 1. The molecular formula is C24H27N3O5. The topological polar surface area (TPSA) is 99.2 Å². The van der Waals surface area contributed by atoms with E-state index in [1.54, 1.807) is 19.0 Å². The molecule has 1 saturated heterocycles. The Kier molecular flexibility index (Phi) is 6.14. The Morgan fingerprint density at radius 2 is 1.69 bits per heavy atom. The molecule has 0 spiro atoms. The van der Waals surface area contributed by atoms with Crippen molar-refractivity contribution in [2.45, 2.75) is 24.4 Å². The van der Waals surface area contributed by atoms with Crippen LogP contribution in [-0.4, -0.2) is 78.8 Å². The van der Waals surface area contributed by atoms with Crippen LogP contribution in [0.3, 0.4) is 0 Å². The van der Waals surface area contributed by atoms with Crippen LogP contribution in [0.25, 0.3) is 11.1 Å². The van der Waals surface area contributed by atoms with Gasteiger partial charge in [0.15, 0.2) is 0 Å². The van der Waals surface area contributed by atoms with Gasteiger partial charge in [-0.1, -0.05) is 48.5 Å². The monoisotopic (exact) mass is 437 g/mol. The number of hydrogen-bond donors (Lipinski definition) is 2. The number of nitrogens with zero attached hydrogens (tertiary/aromatic N) is 2. The van der Waals surface area contributed by atoms with E-state index in [2.05, 4.69) is 17.4 Å². The predicted octanol–water partition coefficient (Wildman–Crippen LogP) is 2.14. The third kappa shape index (κ3) is 4.18. The summed E-state index contributed by atoms with van der Waals surface area (Å²) in [6.45, 7) is 0.752. The Bertz CT molecular complexity index is 992. The standard InChI is InChI=1S/C24H27N3O5/c1-26(2)13-20(22(28)27-12-11-21(27)23(29)30)25-24(31)32-14-19-17-9-5-3-7-15(17)16-8-4-6-10-18(16)19/h3-10,19-21H,11-14H2,1-2H3,(H,25,31)(H,29,30)/t20-,21?/m0/s1. The van der Waals surface area contributed by atoms with E-state index in [4.69, 9.17) is 4.74 Å². The summed E-state index contributed by atoms with van der Waals surface area (Å²) in [5.74, 6) is -1.52. The van der Waals surface area contributed by atoms with E-state index in [0.29, 0.717) is 13.0 Å². The summed E-state index contributed by atoms with van der Waals surface area (Å²) < 4.78 is 5.55. The maximum atomic E-state index is 12.9. The number of carbonyl (C=O) groups excluding carboxylic acids is 2. The maximum absolute atomic E-state index is 12.9. The number of likely N-dealkylation sites (N-methyl/N-ethyl adjacent to an activating group) is 1. The number of likely N-dealkylation sites (tertiary alicyclic amines) is 1. The van der Waals surface area contributed by atoms with Crippen LogP contribution in [0.4, 0.5) is 4.79 Å². The fourth-order valence-corrected chi connectivity index (χ4v) is 4.44. The molecule has 168 valence electrons. The van der Waals surface area contributed by atoms with E-state index in [1.165, 1.54) is 4.90 Å². The van der Waals surface area contributed by atoms with Gasteiger partial charge >= 0.3 is 12.1 Å². The molecule has 4 rings (SSSR count). The summed E-state index contributed by atoms with van der Waals surface area (Å²) >= 11 is 0. The van der Waals surface area contributed by atoms with E-state index in [9.17, 15) is 19.5 Å². The Labute approximate surface area is 186 Å². The lowest BCUT2D eigenvalue weighted by Gasteiger charge is -2.40. The van der Waals surface area contributed by atoms with Crippen LogP contribution in [0, 0.1) is 0 Å². The summed E-state index contributed by atoms with van der Waals surface area (Å²) in [6, 6.07) is 14.4. The van der Waals surface area contributed by atoms with Gasteiger partial charge in [0, 0.05) is 19.0 Å². The van der Waals surface area contributed by atoms with E-state index in [1.807, 2.05) is 36.4 Å². The lowest BCUT2D eigenvalue weighted by molar-refractivity contribution is -0.158. The van der Waals surface area contributed by atoms with Gasteiger partial charge < -0.3 is 25.0 Å². The van der Waals surface area contributed by atoms with Crippen molar-refractivity contribution in [1.82, 2.24) is 15.1 Å². The fourth-order valence-electron chi connectivity index (χ4n) is 4.44. The van der Waals surface area contributed by atoms with Gasteiger partial charge in [0.1, 0.15) is 18.7 Å². The van der Waals surface area contributed by atoms with Gasteiger partial charge in [-0.15, -0.1) is 0 Å². The van der Waals surface area contributed by atoms with Crippen molar-refractivity contribution in [2.75, 3.05) is 33.8 Å². The summed E-state index contributed by atoms with van der Waals surface area (Å²) in [4.78, 5) is 39.8. The van der Waals surface area contributed by atoms with Crippen molar-refractivity contribution < 1.29 is 24.2 Å². The number of carboxylic acid groups (broad SMARTS) is 1. The predicted molar refractivity (Wildman–Crippen MR) is 118 cm³/mol. The summed E-state index contributed by atoms with van der Waals surface area (Å²) in [5, 5.41) is 11.9. The lowest BCUT2D eigenvalue weighted by atomic mass is 9.98. The molecule has 2 amide bonds. The van der Waals surface area contributed by atoms with Gasteiger partial charge in [-0.3, -0.25) is 4.79 Å². The Balaban J connectivity index is 1.43. The molecule has 2 aromatic rings. The summed E-state index contributed by atoms with van der Waals surface area (Å²) in [7, 11) is 3.56. The second-order valence-corrected chi connectivity index (χ2v) is 8.46. The second-order valence-electron chi connectivity index (χ2n) is 8.46. The molecule has 2 aromatic carbocycles. The highest BCUT2D eigenvalue weighted by Gasteiger charge is 2.41. The van der Waals surface area contributed by atoms with E-state index in [-0.39, 0.29) is 19.1 Å². The molecule has 2 atom stereocenters. The number of ether oxygens (including phenoxy) is 1. The first-order valence-electron chi connectivity index (χ1n) is 10.7. The molecule has 8 nitrogen and oxygen atoms in total. The van der Waals surface area contributed by atoms with Gasteiger partial charge in [-0.05, 0) is 42.8 Å². The molecule has 32 heavy (non-hydrogen) atoms. The first-order valence-corrected chi connectivity index (χ1v) is 10.7. The van der Waals surface area contributed by atoms with Crippen molar-refractivity contribution in [3.8, 4) is 11.1 Å². The van der Waals surface area contributed by atoms with Crippen molar-refractivity contribution in [3.05, 3.63) is 59.7 Å². The number of fused-ring (bicyclic) bond motifs is 3. The molecule has 8 heteroatoms. The summed E-state index contributed by atoms with van der Waals surface area (Å²) in [6.07, 6.45) is -0.278. The molecular weight excluding hydrogens is 410 g/mol. The van der Waals surface area contributed by atoms with Gasteiger partial charge in [0.05, 0.1) is 0 Å². The van der Waals surface area contributed by atoms with E-state index in [0.717, 1.165) is 22.3 Å². The average Bonchev–Trinajstić information content (AvgIpc) is 3.04. The van der Waals surface area contributed by atoms with Crippen LogP contribution >= 0.6 is 0 Å². The molecule has 0 bridgehead atoms. The number of rotatable bonds is 7. The first kappa shape index (κ1) is 21.8. The van der Waals surface area contributed by atoms with Crippen LogP contribution in [0.1, 0.15) is 23.5 Å². The van der Waals surface area contributed by atoms with Gasteiger partial charge in [-0.2, -0.15) is 0 Å². The SMILES string of the molecule is CN(C)C[C@H](NC(=O)OCC1c2ccccc2-c2ccccc21)C(=O)N1CCC1C(=O)O. The van der Waals surface area contributed by atoms with Crippen LogP contribution in [0.5, 0.6) is 0 Å². The number of alkyl carbamates (subject to hydrolysis) is 1. The highest BCUT2D eigenvalue weighted by Crippen LogP contribution is 2.44. The van der Waals surface area contributed by atoms with Crippen LogP contribution < -0.4 is 5.32 Å². The van der Waals surface area contributed by atoms with E-state index < -0.39 is 30.1 Å². The number of hydrogen-bond acceptors (Lipinski definition) is 5. The summed E-state index contributed by atoms with van der Waals surface area (Å²) in [5.41, 5.74) is 4.48. The van der Waals surface area contributed by atoms with Crippen molar-refractivity contribution in [1.29, 1.82) is 0 Å². The zero-order valence-corrected chi connectivity index (χ0v) is 18.2. The minimum absolute atomic E-state index is 0.0806. The number of amides is 2. The third-order valence-corrected chi connectivity index (χ3v) is 6.07. The quantitative estimate of drug-likeness (QED) is 0.689. The molecule has 0 saturated carbocycles. The van der Waals surface area contributed by atoms with Crippen LogP contribution in [0.2, 0.25) is 0 Å². The zero-order chi connectivity index (χ0) is 22.8. The number of nitrogens with one attached hydrogen (secondary N) is 1. The molecule has 1 aliphatic heterocycles. The third-order valence-electron chi connectivity index (χ3n) is 6.07. The molecule has 2 N–H and O–H groups in total. The minimum atomic E-state index is -1.03. The molecule has 1 heterocycles. The number of benzene rings is 2. The van der Waals surface area contributed by atoms with Crippen molar-refractivity contribution >= 4 is 18.0 Å². The molecule has 0 aromatic heterocycles. The number of carbonyl (C=O) groups is 3. The molecule has 0 radical (unpaired) electrons. The molecule has 1 aliphatic carbocycles. The molecule has 2 aliphatic rings. The van der Waals surface area contributed by atoms with Gasteiger partial charge in [-0.25, -0.2) is 9.59 Å². The Hall–Kier alpha value is -3.39. The Morgan fingerprint density at radius 3 is 2.19 bits per heavy atom. The maximum Gasteiger partial charge on any atom is 0.407 e. The number of aliphatic carboxylic acids is 1. The van der Waals surface area contributed by atoms with E-state index >= 15 is 0 Å². The largest absolute Gasteiger partial charge is 0.480 e. The highest BCUT2D eigenvalue weighted by atomic mass is 16.5. The van der Waals surface area contributed by atoms with Crippen LogP contribution in [-0.2, 0) is 14.3 Å². The second kappa shape index (κ2) is 9.00. The van der Waals surface area contributed by atoms with Crippen LogP contribution in [0.15, 0.2) is 48.5 Å². The van der Waals surface area contributed by atoms with Crippen molar-refractivity contribution in [2.24, 2.45) is 0 Å². The lowest BCUT2D eigenvalue weighted by Crippen LogP contribution is -2.62. The highest BCUT2D eigenvalue weighted by molar-refractivity contribution is 5.90. The first-order chi connectivity index (χ1) is 15.4.